The van der Waals surface area contributed by atoms with Gasteiger partial charge in [-0.05, 0) is 73.7 Å². The second kappa shape index (κ2) is 8.88. The van der Waals surface area contributed by atoms with Gasteiger partial charge >= 0.3 is 0 Å². The summed E-state index contributed by atoms with van der Waals surface area (Å²) in [6.45, 7) is 4.73. The molecule has 0 bridgehead atoms. The van der Waals surface area contributed by atoms with Crippen LogP contribution in [0.5, 0.6) is 0 Å². The largest absolute Gasteiger partial charge is 0.378 e. The number of morpholine rings is 1. The van der Waals surface area contributed by atoms with Crippen molar-refractivity contribution in [2.75, 3.05) is 36.5 Å². The third-order valence-corrected chi connectivity index (χ3v) is 5.85. The highest BCUT2D eigenvalue weighted by atomic mass is 16.5. The lowest BCUT2D eigenvalue weighted by atomic mass is 10.1. The monoisotopic (exact) mass is 440 g/mol. The maximum absolute atomic E-state index is 12.8. The Morgan fingerprint density at radius 2 is 1.55 bits per heavy atom. The molecule has 5 rings (SSSR count). The van der Waals surface area contributed by atoms with Crippen molar-refractivity contribution in [2.45, 2.75) is 6.92 Å². The maximum Gasteiger partial charge on any atom is 0.255 e. The lowest BCUT2D eigenvalue weighted by molar-refractivity contribution is 0.101. The molecule has 3 aromatic carbocycles. The van der Waals surface area contributed by atoms with Crippen LogP contribution in [0.25, 0.3) is 16.6 Å². The Morgan fingerprint density at radius 3 is 2.24 bits per heavy atom. The van der Waals surface area contributed by atoms with E-state index < -0.39 is 0 Å². The van der Waals surface area contributed by atoms with Crippen molar-refractivity contribution in [1.29, 1.82) is 0 Å². The number of amides is 1. The van der Waals surface area contributed by atoms with Crippen LogP contribution in [-0.2, 0) is 4.74 Å². The maximum atomic E-state index is 12.8. The number of hydrogen-bond acceptors (Lipinski definition) is 5. The van der Waals surface area contributed by atoms with Crippen molar-refractivity contribution in [3.8, 4) is 5.69 Å². The van der Waals surface area contributed by atoms with E-state index in [1.165, 1.54) is 0 Å². The van der Waals surface area contributed by atoms with E-state index in [-0.39, 0.29) is 11.7 Å². The van der Waals surface area contributed by atoms with Crippen LogP contribution in [0.2, 0.25) is 0 Å². The van der Waals surface area contributed by atoms with E-state index >= 15 is 0 Å². The molecular formula is C26H24N4O3. The van der Waals surface area contributed by atoms with Gasteiger partial charge in [0.05, 0.1) is 30.6 Å². The quantitative estimate of drug-likeness (QED) is 0.468. The van der Waals surface area contributed by atoms with Gasteiger partial charge in [0.15, 0.2) is 5.78 Å². The zero-order valence-corrected chi connectivity index (χ0v) is 18.3. The summed E-state index contributed by atoms with van der Waals surface area (Å²) in [5.74, 6) is -0.127. The Hall–Kier alpha value is -3.97. The molecule has 1 aliphatic rings. The summed E-state index contributed by atoms with van der Waals surface area (Å²) in [5, 5.41) is 8.36. The standard InChI is InChI=1S/C26H24N4O3/c1-18(31)19-2-9-24(10-3-19)30-25-11-6-22(16-21(25)17-27-30)28-26(32)20-4-7-23(8-5-20)29-12-14-33-15-13-29/h2-11,16-17H,12-15H2,1H3,(H,28,32). The number of nitrogens with zero attached hydrogens (tertiary/aromatic N) is 3. The van der Waals surface area contributed by atoms with E-state index in [9.17, 15) is 9.59 Å². The Kier molecular flexibility index (Phi) is 5.62. The highest BCUT2D eigenvalue weighted by Crippen LogP contribution is 2.23. The van der Waals surface area contributed by atoms with E-state index in [0.717, 1.165) is 48.6 Å². The summed E-state index contributed by atoms with van der Waals surface area (Å²) in [5.41, 5.74) is 4.85. The van der Waals surface area contributed by atoms with Crippen LogP contribution in [0.15, 0.2) is 72.9 Å². The van der Waals surface area contributed by atoms with E-state index in [0.29, 0.717) is 16.8 Å². The molecule has 0 spiro atoms. The van der Waals surface area contributed by atoms with Gasteiger partial charge < -0.3 is 15.0 Å². The average molecular weight is 441 g/mol. The molecule has 0 saturated carbocycles. The fourth-order valence-electron chi connectivity index (χ4n) is 4.00. The van der Waals surface area contributed by atoms with Crippen molar-refractivity contribution in [3.05, 3.63) is 84.1 Å². The zero-order valence-electron chi connectivity index (χ0n) is 18.3. The van der Waals surface area contributed by atoms with Crippen molar-refractivity contribution < 1.29 is 14.3 Å². The van der Waals surface area contributed by atoms with E-state index in [1.807, 2.05) is 59.3 Å². The number of nitrogens with one attached hydrogen (secondary N) is 1. The summed E-state index contributed by atoms with van der Waals surface area (Å²) < 4.78 is 7.21. The Labute approximate surface area is 191 Å². The van der Waals surface area contributed by atoms with Gasteiger partial charge in [-0.2, -0.15) is 5.10 Å². The number of carbonyl (C=O) groups is 2. The number of fused-ring (bicyclic) bond motifs is 1. The molecule has 4 aromatic rings. The molecule has 0 aliphatic carbocycles. The van der Waals surface area contributed by atoms with Crippen LogP contribution in [0.4, 0.5) is 11.4 Å². The smallest absolute Gasteiger partial charge is 0.255 e. The highest BCUT2D eigenvalue weighted by Gasteiger charge is 2.13. The number of aromatic nitrogens is 2. The Balaban J connectivity index is 1.31. The summed E-state index contributed by atoms with van der Waals surface area (Å²) >= 11 is 0. The minimum absolute atomic E-state index is 0.0305. The molecule has 33 heavy (non-hydrogen) atoms. The molecule has 1 amide bonds. The molecule has 0 radical (unpaired) electrons. The lowest BCUT2D eigenvalue weighted by Crippen LogP contribution is -2.36. The molecule has 0 unspecified atom stereocenters. The molecule has 1 aromatic heterocycles. The predicted octanol–water partition coefficient (Wildman–Crippen LogP) is 4.32. The third kappa shape index (κ3) is 4.36. The van der Waals surface area contributed by atoms with Gasteiger partial charge in [0, 0.05) is 41.0 Å². The van der Waals surface area contributed by atoms with E-state index in [1.54, 1.807) is 25.3 Å². The van der Waals surface area contributed by atoms with Crippen LogP contribution in [-0.4, -0.2) is 47.8 Å². The molecule has 7 nitrogen and oxygen atoms in total. The number of Topliss-reactive ketones (excluding diaryl/α,β-unsaturated/α-hetero) is 1. The Morgan fingerprint density at radius 1 is 0.879 bits per heavy atom. The fourth-order valence-corrected chi connectivity index (χ4v) is 4.00. The normalized spacial score (nSPS) is 13.8. The third-order valence-electron chi connectivity index (χ3n) is 5.85. The summed E-state index contributed by atoms with van der Waals surface area (Å²) in [6.07, 6.45) is 1.76. The minimum atomic E-state index is -0.157. The highest BCUT2D eigenvalue weighted by molar-refractivity contribution is 6.05. The number of rotatable bonds is 5. The van der Waals surface area contributed by atoms with Crippen molar-refractivity contribution in [1.82, 2.24) is 9.78 Å². The van der Waals surface area contributed by atoms with E-state index in [2.05, 4.69) is 15.3 Å². The van der Waals surface area contributed by atoms with Crippen LogP contribution in [0.3, 0.4) is 0 Å². The second-order valence-corrected chi connectivity index (χ2v) is 8.03. The number of benzene rings is 3. The van der Waals surface area contributed by atoms with Gasteiger partial charge in [-0.3, -0.25) is 9.59 Å². The molecule has 166 valence electrons. The fraction of sp³-hybridized carbons (Fsp3) is 0.192. The molecule has 1 aliphatic heterocycles. The van der Waals surface area contributed by atoms with Crippen LogP contribution in [0, 0.1) is 0 Å². The molecule has 7 heteroatoms. The first-order valence-corrected chi connectivity index (χ1v) is 10.9. The number of ether oxygens (including phenoxy) is 1. The molecule has 1 N–H and O–H groups in total. The first-order valence-electron chi connectivity index (χ1n) is 10.9. The van der Waals surface area contributed by atoms with E-state index in [4.69, 9.17) is 4.74 Å². The van der Waals surface area contributed by atoms with Gasteiger partial charge in [-0.25, -0.2) is 4.68 Å². The van der Waals surface area contributed by atoms with Gasteiger partial charge in [0.1, 0.15) is 0 Å². The first kappa shape index (κ1) is 20.9. The molecule has 1 fully saturated rings. The molecule has 2 heterocycles. The minimum Gasteiger partial charge on any atom is -0.378 e. The van der Waals surface area contributed by atoms with Gasteiger partial charge in [-0.1, -0.05) is 0 Å². The molecule has 0 atom stereocenters. The SMILES string of the molecule is CC(=O)c1ccc(-n2ncc3cc(NC(=O)c4ccc(N5CCOCC5)cc4)ccc32)cc1. The molecular weight excluding hydrogens is 416 g/mol. The number of carbonyl (C=O) groups excluding carboxylic acids is 2. The first-order chi connectivity index (χ1) is 16.1. The summed E-state index contributed by atoms with van der Waals surface area (Å²) in [6, 6.07) is 20.7. The van der Waals surface area contributed by atoms with Crippen molar-refractivity contribution in [2.24, 2.45) is 0 Å². The zero-order chi connectivity index (χ0) is 22.8. The average Bonchev–Trinajstić information content (AvgIpc) is 3.28. The van der Waals surface area contributed by atoms with Crippen molar-refractivity contribution in [3.63, 3.8) is 0 Å². The summed E-state index contributed by atoms with van der Waals surface area (Å²) in [4.78, 5) is 26.5. The van der Waals surface area contributed by atoms with Crippen LogP contribution < -0.4 is 10.2 Å². The van der Waals surface area contributed by atoms with Gasteiger partial charge in [-0.15, -0.1) is 0 Å². The predicted molar refractivity (Wildman–Crippen MR) is 129 cm³/mol. The van der Waals surface area contributed by atoms with Gasteiger partial charge in [0.2, 0.25) is 0 Å². The van der Waals surface area contributed by atoms with Crippen LogP contribution >= 0.6 is 0 Å². The number of anilines is 2. The summed E-state index contributed by atoms with van der Waals surface area (Å²) in [7, 11) is 0. The topological polar surface area (TPSA) is 76.5 Å². The Bertz CT molecular complexity index is 1300. The molecule has 1 saturated heterocycles. The second-order valence-electron chi connectivity index (χ2n) is 8.03. The van der Waals surface area contributed by atoms with Crippen LogP contribution in [0.1, 0.15) is 27.6 Å². The number of hydrogen-bond donors (Lipinski definition) is 1. The van der Waals surface area contributed by atoms with Crippen molar-refractivity contribution >= 4 is 34.0 Å². The number of ketones is 1. The van der Waals surface area contributed by atoms with Gasteiger partial charge in [0.25, 0.3) is 5.91 Å². The lowest BCUT2D eigenvalue weighted by Gasteiger charge is -2.28.